The Labute approximate surface area is 85.9 Å². The van der Waals surface area contributed by atoms with Gasteiger partial charge in [0, 0.05) is 6.42 Å². The first-order valence-electron chi connectivity index (χ1n) is 4.46. The molecular formula is C8H12N4O3. The molecule has 0 spiro atoms. The second-order valence-electron chi connectivity index (χ2n) is 3.05. The van der Waals surface area contributed by atoms with Gasteiger partial charge in [-0.05, 0) is 6.92 Å². The molecule has 0 radical (unpaired) electrons. The molecule has 0 aliphatic heterocycles. The maximum atomic E-state index is 11.2. The van der Waals surface area contributed by atoms with E-state index in [2.05, 4.69) is 20.5 Å². The predicted octanol–water partition coefficient (Wildman–Crippen LogP) is -0.153. The molecule has 0 aliphatic carbocycles. The van der Waals surface area contributed by atoms with E-state index < -0.39 is 5.97 Å². The fraction of sp³-hybridized carbons (Fsp3) is 0.500. The van der Waals surface area contributed by atoms with Crippen molar-refractivity contribution in [3.05, 3.63) is 12.2 Å². The van der Waals surface area contributed by atoms with Gasteiger partial charge in [-0.3, -0.25) is 14.7 Å². The van der Waals surface area contributed by atoms with Crippen molar-refractivity contribution in [2.75, 3.05) is 0 Å². The number of nitrogens with zero attached hydrogens (tertiary/aromatic N) is 2. The van der Waals surface area contributed by atoms with Crippen LogP contribution in [-0.4, -0.2) is 32.2 Å². The third-order valence-electron chi connectivity index (χ3n) is 1.79. The van der Waals surface area contributed by atoms with Crippen molar-refractivity contribution in [2.24, 2.45) is 0 Å². The molecule has 15 heavy (non-hydrogen) atoms. The minimum atomic E-state index is -0.988. The van der Waals surface area contributed by atoms with Crippen LogP contribution in [0.5, 0.6) is 0 Å². The molecule has 1 unspecified atom stereocenters. The lowest BCUT2D eigenvalue weighted by Gasteiger charge is -2.09. The summed E-state index contributed by atoms with van der Waals surface area (Å²) in [7, 11) is 0. The first-order valence-corrected chi connectivity index (χ1v) is 4.46. The predicted molar refractivity (Wildman–Crippen MR) is 49.8 cm³/mol. The highest BCUT2D eigenvalue weighted by atomic mass is 16.4. The highest BCUT2D eigenvalue weighted by Crippen LogP contribution is 2.04. The van der Waals surface area contributed by atoms with Crippen molar-refractivity contribution >= 4 is 11.9 Å². The Hall–Kier alpha value is -1.92. The van der Waals surface area contributed by atoms with Crippen LogP contribution in [0, 0.1) is 0 Å². The monoisotopic (exact) mass is 212 g/mol. The van der Waals surface area contributed by atoms with Crippen LogP contribution in [0.2, 0.25) is 0 Å². The lowest BCUT2D eigenvalue weighted by atomic mass is 10.2. The minimum absolute atomic E-state index is 0.0339. The number of amides is 1. The highest BCUT2D eigenvalue weighted by Gasteiger charge is 2.12. The van der Waals surface area contributed by atoms with Crippen LogP contribution < -0.4 is 5.32 Å². The number of aliphatic carboxylic acids is 1. The maximum Gasteiger partial charge on any atom is 0.303 e. The van der Waals surface area contributed by atoms with Gasteiger partial charge in [0.1, 0.15) is 12.2 Å². The van der Waals surface area contributed by atoms with Crippen molar-refractivity contribution < 1.29 is 14.7 Å². The van der Waals surface area contributed by atoms with E-state index in [4.69, 9.17) is 5.11 Å². The zero-order chi connectivity index (χ0) is 11.3. The van der Waals surface area contributed by atoms with Crippen LogP contribution >= 0.6 is 0 Å². The topological polar surface area (TPSA) is 108 Å². The first-order chi connectivity index (χ1) is 7.09. The molecule has 1 heterocycles. The van der Waals surface area contributed by atoms with Crippen molar-refractivity contribution in [1.29, 1.82) is 0 Å². The SMILES string of the molecule is CC(NC(=O)CCC(=O)O)c1ncn[nH]1. The van der Waals surface area contributed by atoms with Crippen molar-refractivity contribution in [3.8, 4) is 0 Å². The molecule has 0 aromatic carbocycles. The van der Waals surface area contributed by atoms with Crippen LogP contribution in [0.3, 0.4) is 0 Å². The number of rotatable bonds is 5. The van der Waals surface area contributed by atoms with Crippen molar-refractivity contribution in [2.45, 2.75) is 25.8 Å². The molecule has 0 aliphatic rings. The number of carboxylic acid groups (broad SMARTS) is 1. The van der Waals surface area contributed by atoms with Crippen molar-refractivity contribution in [1.82, 2.24) is 20.5 Å². The quantitative estimate of drug-likeness (QED) is 0.628. The standard InChI is InChI=1S/C8H12N4O3/c1-5(8-9-4-10-12-8)11-6(13)2-3-7(14)15/h4-5H,2-3H2,1H3,(H,11,13)(H,14,15)(H,9,10,12). The summed E-state index contributed by atoms with van der Waals surface area (Å²) >= 11 is 0. The molecule has 82 valence electrons. The average molecular weight is 212 g/mol. The second kappa shape index (κ2) is 5.08. The number of aromatic amines is 1. The van der Waals surface area contributed by atoms with E-state index in [-0.39, 0.29) is 24.8 Å². The number of H-pyrrole nitrogens is 1. The van der Waals surface area contributed by atoms with E-state index in [1.807, 2.05) is 0 Å². The lowest BCUT2D eigenvalue weighted by Crippen LogP contribution is -2.27. The van der Waals surface area contributed by atoms with E-state index >= 15 is 0 Å². The summed E-state index contributed by atoms with van der Waals surface area (Å²) in [5, 5.41) is 17.2. The zero-order valence-corrected chi connectivity index (χ0v) is 8.23. The fourth-order valence-electron chi connectivity index (χ4n) is 1.03. The second-order valence-corrected chi connectivity index (χ2v) is 3.05. The smallest absolute Gasteiger partial charge is 0.303 e. The van der Waals surface area contributed by atoms with Gasteiger partial charge in [-0.15, -0.1) is 0 Å². The Bertz CT molecular complexity index is 336. The molecule has 0 bridgehead atoms. The Morgan fingerprint density at radius 3 is 2.87 bits per heavy atom. The summed E-state index contributed by atoms with van der Waals surface area (Å²) in [5.41, 5.74) is 0. The summed E-state index contributed by atoms with van der Waals surface area (Å²) in [6, 6.07) is -0.297. The van der Waals surface area contributed by atoms with Crippen LogP contribution in [0.25, 0.3) is 0 Å². The van der Waals surface area contributed by atoms with E-state index in [1.165, 1.54) is 6.33 Å². The summed E-state index contributed by atoms with van der Waals surface area (Å²) < 4.78 is 0. The van der Waals surface area contributed by atoms with Gasteiger partial charge in [-0.1, -0.05) is 0 Å². The van der Waals surface area contributed by atoms with Crippen LogP contribution in [0.15, 0.2) is 6.33 Å². The van der Waals surface area contributed by atoms with Gasteiger partial charge in [0.05, 0.1) is 12.5 Å². The normalized spacial score (nSPS) is 12.1. The molecule has 1 rings (SSSR count). The molecule has 0 saturated heterocycles. The van der Waals surface area contributed by atoms with Gasteiger partial charge in [-0.25, -0.2) is 4.98 Å². The number of aromatic nitrogens is 3. The molecule has 0 fully saturated rings. The average Bonchev–Trinajstić information content (AvgIpc) is 2.67. The molecule has 1 atom stereocenters. The van der Waals surface area contributed by atoms with Gasteiger partial charge in [0.2, 0.25) is 5.91 Å². The lowest BCUT2D eigenvalue weighted by molar-refractivity contribution is -0.138. The number of carbonyl (C=O) groups excluding carboxylic acids is 1. The van der Waals surface area contributed by atoms with E-state index in [9.17, 15) is 9.59 Å². The number of hydrogen-bond donors (Lipinski definition) is 3. The fourth-order valence-corrected chi connectivity index (χ4v) is 1.03. The van der Waals surface area contributed by atoms with Gasteiger partial charge < -0.3 is 10.4 Å². The van der Waals surface area contributed by atoms with Gasteiger partial charge in [0.15, 0.2) is 0 Å². The summed E-state index contributed by atoms with van der Waals surface area (Å²) in [5.74, 6) is -0.766. The third kappa shape index (κ3) is 3.75. The molecule has 3 N–H and O–H groups in total. The zero-order valence-electron chi connectivity index (χ0n) is 8.23. The number of carbonyl (C=O) groups is 2. The molecule has 0 saturated carbocycles. The van der Waals surface area contributed by atoms with E-state index in [0.29, 0.717) is 5.82 Å². The molecule has 1 amide bonds. The first kappa shape index (κ1) is 11.2. The van der Waals surface area contributed by atoms with Gasteiger partial charge >= 0.3 is 5.97 Å². The molecule has 1 aromatic heterocycles. The van der Waals surface area contributed by atoms with Crippen LogP contribution in [-0.2, 0) is 9.59 Å². The summed E-state index contributed by atoms with van der Waals surface area (Å²) in [6.07, 6.45) is 1.14. The Balaban J connectivity index is 2.35. The molecule has 1 aromatic rings. The number of carboxylic acids is 1. The highest BCUT2D eigenvalue weighted by molar-refractivity contribution is 5.80. The Morgan fingerprint density at radius 1 is 1.60 bits per heavy atom. The maximum absolute atomic E-state index is 11.2. The van der Waals surface area contributed by atoms with Crippen LogP contribution in [0.4, 0.5) is 0 Å². The molecule has 7 heteroatoms. The molecule has 7 nitrogen and oxygen atoms in total. The van der Waals surface area contributed by atoms with E-state index in [0.717, 1.165) is 0 Å². The van der Waals surface area contributed by atoms with Gasteiger partial charge in [0.25, 0.3) is 0 Å². The van der Waals surface area contributed by atoms with Crippen LogP contribution in [0.1, 0.15) is 31.6 Å². The summed E-state index contributed by atoms with van der Waals surface area (Å²) in [4.78, 5) is 25.3. The largest absolute Gasteiger partial charge is 0.481 e. The van der Waals surface area contributed by atoms with E-state index in [1.54, 1.807) is 6.92 Å². The number of hydrogen-bond acceptors (Lipinski definition) is 4. The van der Waals surface area contributed by atoms with Gasteiger partial charge in [-0.2, -0.15) is 5.10 Å². The Morgan fingerprint density at radius 2 is 2.33 bits per heavy atom. The molecular weight excluding hydrogens is 200 g/mol. The minimum Gasteiger partial charge on any atom is -0.481 e. The number of nitrogens with one attached hydrogen (secondary N) is 2. The third-order valence-corrected chi connectivity index (χ3v) is 1.79. The van der Waals surface area contributed by atoms with Crippen molar-refractivity contribution in [3.63, 3.8) is 0 Å². The summed E-state index contributed by atoms with van der Waals surface area (Å²) in [6.45, 7) is 1.74. The Kier molecular flexibility index (Phi) is 3.78.